The third kappa shape index (κ3) is 3.81. The van der Waals surface area contributed by atoms with Crippen LogP contribution in [0.2, 0.25) is 0 Å². The zero-order chi connectivity index (χ0) is 14.4. The molecule has 3 heteroatoms. The van der Waals surface area contributed by atoms with E-state index in [2.05, 4.69) is 18.3 Å². The maximum absolute atomic E-state index is 5.72. The average molecular weight is 277 g/mol. The summed E-state index contributed by atoms with van der Waals surface area (Å²) in [6, 6.07) is 6.61. The van der Waals surface area contributed by atoms with Crippen LogP contribution in [0.4, 0.5) is 5.69 Å². The van der Waals surface area contributed by atoms with Crippen molar-refractivity contribution in [3.05, 3.63) is 18.2 Å². The molecule has 0 heterocycles. The molecule has 0 bridgehead atoms. The molecule has 20 heavy (non-hydrogen) atoms. The van der Waals surface area contributed by atoms with Crippen LogP contribution >= 0.6 is 0 Å². The Kier molecular flexibility index (Phi) is 5.57. The van der Waals surface area contributed by atoms with Crippen LogP contribution in [0.5, 0.6) is 11.5 Å². The van der Waals surface area contributed by atoms with Crippen molar-refractivity contribution in [3.63, 3.8) is 0 Å². The zero-order valence-corrected chi connectivity index (χ0v) is 12.9. The molecular formula is C17H27NO2. The summed E-state index contributed by atoms with van der Waals surface area (Å²) in [5.74, 6) is 2.71. The summed E-state index contributed by atoms with van der Waals surface area (Å²) >= 11 is 0. The van der Waals surface area contributed by atoms with E-state index in [1.54, 1.807) is 0 Å². The Labute approximate surface area is 122 Å². The van der Waals surface area contributed by atoms with Crippen LogP contribution in [0, 0.1) is 5.92 Å². The van der Waals surface area contributed by atoms with Gasteiger partial charge in [0.2, 0.25) is 0 Å². The van der Waals surface area contributed by atoms with Gasteiger partial charge in [-0.2, -0.15) is 0 Å². The second kappa shape index (κ2) is 7.41. The van der Waals surface area contributed by atoms with Crippen molar-refractivity contribution in [2.75, 3.05) is 18.5 Å². The summed E-state index contributed by atoms with van der Waals surface area (Å²) in [5.41, 5.74) is 1.07. The molecule has 0 aromatic heterocycles. The first-order valence-corrected chi connectivity index (χ1v) is 7.92. The highest BCUT2D eigenvalue weighted by atomic mass is 16.5. The van der Waals surface area contributed by atoms with Gasteiger partial charge in [-0.3, -0.25) is 0 Å². The summed E-state index contributed by atoms with van der Waals surface area (Å²) in [4.78, 5) is 0. The minimum atomic E-state index is 0.566. The second-order valence-corrected chi connectivity index (χ2v) is 5.45. The molecule has 2 atom stereocenters. The third-order valence-corrected chi connectivity index (χ3v) is 4.04. The van der Waals surface area contributed by atoms with Gasteiger partial charge < -0.3 is 14.8 Å². The largest absolute Gasteiger partial charge is 0.494 e. The molecule has 0 spiro atoms. The van der Waals surface area contributed by atoms with Crippen LogP contribution in [0.3, 0.4) is 0 Å². The van der Waals surface area contributed by atoms with Gasteiger partial charge >= 0.3 is 0 Å². The SMILES string of the molecule is CCOc1ccc(OCC)c(NC2CCC(CC)C2)c1. The van der Waals surface area contributed by atoms with E-state index in [4.69, 9.17) is 9.47 Å². The Morgan fingerprint density at radius 1 is 1.10 bits per heavy atom. The first-order chi connectivity index (χ1) is 9.76. The van der Waals surface area contributed by atoms with E-state index in [1.807, 2.05) is 26.0 Å². The van der Waals surface area contributed by atoms with Gasteiger partial charge in [0, 0.05) is 12.1 Å². The standard InChI is InChI=1S/C17H27NO2/c1-4-13-7-8-14(11-13)18-16-12-15(19-5-2)9-10-17(16)20-6-3/h9-10,12-14,18H,4-8,11H2,1-3H3. The van der Waals surface area contributed by atoms with Crippen LogP contribution in [0.25, 0.3) is 0 Å². The molecule has 0 amide bonds. The number of hydrogen-bond donors (Lipinski definition) is 1. The lowest BCUT2D eigenvalue weighted by molar-refractivity contribution is 0.331. The lowest BCUT2D eigenvalue weighted by atomic mass is 10.1. The highest BCUT2D eigenvalue weighted by Crippen LogP contribution is 2.35. The molecule has 112 valence electrons. The molecule has 1 aliphatic rings. The van der Waals surface area contributed by atoms with Crippen LogP contribution < -0.4 is 14.8 Å². The van der Waals surface area contributed by atoms with Gasteiger partial charge in [-0.25, -0.2) is 0 Å². The summed E-state index contributed by atoms with van der Waals surface area (Å²) in [5, 5.41) is 3.65. The average Bonchev–Trinajstić information content (AvgIpc) is 2.90. The predicted molar refractivity (Wildman–Crippen MR) is 83.8 cm³/mol. The summed E-state index contributed by atoms with van der Waals surface area (Å²) in [7, 11) is 0. The number of ether oxygens (including phenoxy) is 2. The first kappa shape index (κ1) is 15.0. The molecule has 1 N–H and O–H groups in total. The highest BCUT2D eigenvalue weighted by Gasteiger charge is 2.24. The second-order valence-electron chi connectivity index (χ2n) is 5.45. The van der Waals surface area contributed by atoms with Gasteiger partial charge in [0.05, 0.1) is 18.9 Å². The van der Waals surface area contributed by atoms with E-state index in [0.717, 1.165) is 23.1 Å². The van der Waals surface area contributed by atoms with Crippen molar-refractivity contribution in [3.8, 4) is 11.5 Å². The predicted octanol–water partition coefficient (Wildman–Crippen LogP) is 4.47. The monoisotopic (exact) mass is 277 g/mol. The van der Waals surface area contributed by atoms with Gasteiger partial charge in [0.15, 0.2) is 0 Å². The van der Waals surface area contributed by atoms with Gasteiger partial charge in [0.25, 0.3) is 0 Å². The Hall–Kier alpha value is -1.38. The van der Waals surface area contributed by atoms with Gasteiger partial charge in [-0.05, 0) is 51.2 Å². The van der Waals surface area contributed by atoms with Gasteiger partial charge in [0.1, 0.15) is 11.5 Å². The molecule has 1 saturated carbocycles. The Morgan fingerprint density at radius 3 is 2.55 bits per heavy atom. The number of hydrogen-bond acceptors (Lipinski definition) is 3. The first-order valence-electron chi connectivity index (χ1n) is 7.92. The molecule has 0 radical (unpaired) electrons. The zero-order valence-electron chi connectivity index (χ0n) is 12.9. The molecule has 1 aromatic carbocycles. The van der Waals surface area contributed by atoms with Crippen LogP contribution in [0.15, 0.2) is 18.2 Å². The van der Waals surface area contributed by atoms with E-state index < -0.39 is 0 Å². The van der Waals surface area contributed by atoms with Crippen molar-refractivity contribution in [2.45, 2.75) is 52.5 Å². The lowest BCUT2D eigenvalue weighted by Gasteiger charge is -2.18. The highest BCUT2D eigenvalue weighted by molar-refractivity contribution is 5.60. The van der Waals surface area contributed by atoms with Crippen molar-refractivity contribution in [2.24, 2.45) is 5.92 Å². The van der Waals surface area contributed by atoms with Crippen LogP contribution in [-0.4, -0.2) is 19.3 Å². The van der Waals surface area contributed by atoms with Gasteiger partial charge in [-0.15, -0.1) is 0 Å². The minimum Gasteiger partial charge on any atom is -0.494 e. The number of rotatable bonds is 7. The van der Waals surface area contributed by atoms with E-state index in [-0.39, 0.29) is 0 Å². The van der Waals surface area contributed by atoms with E-state index in [0.29, 0.717) is 19.3 Å². The van der Waals surface area contributed by atoms with Crippen LogP contribution in [0.1, 0.15) is 46.5 Å². The quantitative estimate of drug-likeness (QED) is 0.797. The van der Waals surface area contributed by atoms with Crippen molar-refractivity contribution >= 4 is 5.69 Å². The summed E-state index contributed by atoms with van der Waals surface area (Å²) < 4.78 is 11.3. The molecule has 3 nitrogen and oxygen atoms in total. The number of nitrogens with one attached hydrogen (secondary N) is 1. The molecule has 2 rings (SSSR count). The molecule has 1 aliphatic carbocycles. The molecule has 1 fully saturated rings. The summed E-state index contributed by atoms with van der Waals surface area (Å²) in [6.45, 7) is 7.68. The lowest BCUT2D eigenvalue weighted by Crippen LogP contribution is -2.16. The molecule has 1 aromatic rings. The van der Waals surface area contributed by atoms with Crippen molar-refractivity contribution in [1.82, 2.24) is 0 Å². The molecule has 0 aliphatic heterocycles. The van der Waals surface area contributed by atoms with E-state index in [1.165, 1.54) is 25.7 Å². The maximum Gasteiger partial charge on any atom is 0.142 e. The Balaban J connectivity index is 2.08. The fraction of sp³-hybridized carbons (Fsp3) is 0.647. The molecule has 2 unspecified atom stereocenters. The smallest absolute Gasteiger partial charge is 0.142 e. The number of benzene rings is 1. The Bertz CT molecular complexity index is 419. The normalized spacial score (nSPS) is 21.8. The molecular weight excluding hydrogens is 250 g/mol. The fourth-order valence-corrected chi connectivity index (χ4v) is 2.96. The van der Waals surface area contributed by atoms with Crippen molar-refractivity contribution in [1.29, 1.82) is 0 Å². The molecule has 0 saturated heterocycles. The van der Waals surface area contributed by atoms with E-state index >= 15 is 0 Å². The maximum atomic E-state index is 5.72. The third-order valence-electron chi connectivity index (χ3n) is 4.04. The minimum absolute atomic E-state index is 0.566. The Morgan fingerprint density at radius 2 is 1.90 bits per heavy atom. The fourth-order valence-electron chi connectivity index (χ4n) is 2.96. The van der Waals surface area contributed by atoms with Crippen molar-refractivity contribution < 1.29 is 9.47 Å². The van der Waals surface area contributed by atoms with Gasteiger partial charge in [-0.1, -0.05) is 13.3 Å². The number of anilines is 1. The van der Waals surface area contributed by atoms with E-state index in [9.17, 15) is 0 Å². The van der Waals surface area contributed by atoms with Crippen LogP contribution in [-0.2, 0) is 0 Å². The summed E-state index contributed by atoms with van der Waals surface area (Å²) in [6.07, 6.45) is 5.14. The topological polar surface area (TPSA) is 30.5 Å².